The van der Waals surface area contributed by atoms with E-state index in [1.165, 1.54) is 0 Å². The van der Waals surface area contributed by atoms with Crippen molar-refractivity contribution >= 4 is 0 Å². The molecular formula is C10H24N2O2. The summed E-state index contributed by atoms with van der Waals surface area (Å²) in [5.74, 6) is 0.433. The molecule has 14 heavy (non-hydrogen) atoms. The Labute approximate surface area is 86.9 Å². The minimum atomic E-state index is 0.238. The molecule has 0 rings (SSSR count). The molecule has 0 radical (unpaired) electrons. The Morgan fingerprint density at radius 3 is 2.43 bits per heavy atom. The van der Waals surface area contributed by atoms with Crippen molar-refractivity contribution < 1.29 is 9.47 Å². The van der Waals surface area contributed by atoms with Crippen molar-refractivity contribution in [3.05, 3.63) is 0 Å². The van der Waals surface area contributed by atoms with E-state index < -0.39 is 0 Å². The Balaban J connectivity index is 3.23. The van der Waals surface area contributed by atoms with Crippen molar-refractivity contribution in [2.75, 3.05) is 32.9 Å². The van der Waals surface area contributed by atoms with Gasteiger partial charge in [-0.15, -0.1) is 0 Å². The zero-order chi connectivity index (χ0) is 10.8. The molecule has 0 aromatic rings. The second-order valence-corrected chi connectivity index (χ2v) is 3.67. The third-order valence-electron chi connectivity index (χ3n) is 2.00. The fourth-order valence-electron chi connectivity index (χ4n) is 0.915. The molecule has 4 N–H and O–H groups in total. The van der Waals surface area contributed by atoms with E-state index in [0.29, 0.717) is 25.6 Å². The van der Waals surface area contributed by atoms with Crippen molar-refractivity contribution in [2.24, 2.45) is 17.4 Å². The number of nitrogens with two attached hydrogens (primary N) is 2. The minimum absolute atomic E-state index is 0.238. The number of ether oxygens (including phenoxy) is 2. The van der Waals surface area contributed by atoms with Crippen molar-refractivity contribution in [3.63, 3.8) is 0 Å². The molecule has 0 spiro atoms. The van der Waals surface area contributed by atoms with Crippen LogP contribution < -0.4 is 11.5 Å². The molecule has 0 amide bonds. The molecular weight excluding hydrogens is 180 g/mol. The van der Waals surface area contributed by atoms with Crippen LogP contribution in [0.15, 0.2) is 0 Å². The lowest BCUT2D eigenvalue weighted by Crippen LogP contribution is -2.21. The highest BCUT2D eigenvalue weighted by Gasteiger charge is 2.05. The van der Waals surface area contributed by atoms with E-state index in [1.807, 2.05) is 0 Å². The van der Waals surface area contributed by atoms with E-state index in [9.17, 15) is 0 Å². The maximum atomic E-state index is 5.58. The van der Waals surface area contributed by atoms with Gasteiger partial charge in [0.1, 0.15) is 0 Å². The van der Waals surface area contributed by atoms with Gasteiger partial charge < -0.3 is 20.9 Å². The van der Waals surface area contributed by atoms with Gasteiger partial charge in [-0.25, -0.2) is 0 Å². The molecule has 2 atom stereocenters. The molecule has 4 nitrogen and oxygen atoms in total. The van der Waals surface area contributed by atoms with Crippen molar-refractivity contribution in [1.29, 1.82) is 0 Å². The first-order valence-corrected chi connectivity index (χ1v) is 5.30. The zero-order valence-electron chi connectivity index (χ0n) is 9.37. The summed E-state index contributed by atoms with van der Waals surface area (Å²) < 4.78 is 10.8. The van der Waals surface area contributed by atoms with Crippen LogP contribution in [0.3, 0.4) is 0 Å². The summed E-state index contributed by atoms with van der Waals surface area (Å²) in [7, 11) is 0. The number of hydrogen-bond donors (Lipinski definition) is 2. The Kier molecular flexibility index (Phi) is 9.29. The smallest absolute Gasteiger partial charge is 0.0588 e. The highest BCUT2D eigenvalue weighted by Crippen LogP contribution is 2.01. The van der Waals surface area contributed by atoms with Crippen LogP contribution in [0, 0.1) is 5.92 Å². The second kappa shape index (κ2) is 9.40. The van der Waals surface area contributed by atoms with E-state index in [2.05, 4.69) is 13.8 Å². The molecule has 0 fully saturated rings. The molecule has 0 bridgehead atoms. The second-order valence-electron chi connectivity index (χ2n) is 3.67. The molecule has 0 aromatic heterocycles. The van der Waals surface area contributed by atoms with Crippen molar-refractivity contribution in [3.8, 4) is 0 Å². The third-order valence-corrected chi connectivity index (χ3v) is 2.00. The third kappa shape index (κ3) is 8.44. The van der Waals surface area contributed by atoms with E-state index in [4.69, 9.17) is 20.9 Å². The van der Waals surface area contributed by atoms with Gasteiger partial charge in [-0.3, -0.25) is 0 Å². The minimum Gasteiger partial charge on any atom is -0.380 e. The SMILES string of the molecule is CC(CN)COC(C)CCOCCN. The lowest BCUT2D eigenvalue weighted by Gasteiger charge is -2.15. The summed E-state index contributed by atoms with van der Waals surface area (Å²) in [6, 6.07) is 0. The highest BCUT2D eigenvalue weighted by molar-refractivity contribution is 4.54. The van der Waals surface area contributed by atoms with Crippen LogP contribution in [-0.2, 0) is 9.47 Å². The van der Waals surface area contributed by atoms with E-state index in [-0.39, 0.29) is 6.10 Å². The van der Waals surface area contributed by atoms with Crippen LogP contribution in [0.25, 0.3) is 0 Å². The Bertz CT molecular complexity index is 123. The van der Waals surface area contributed by atoms with Gasteiger partial charge >= 0.3 is 0 Å². The standard InChI is InChI=1S/C10H24N2O2/c1-9(7-12)8-14-10(2)3-5-13-6-4-11/h9-10H,3-8,11-12H2,1-2H3. The zero-order valence-corrected chi connectivity index (χ0v) is 9.37. The summed E-state index contributed by atoms with van der Waals surface area (Å²) in [5.41, 5.74) is 10.8. The average Bonchev–Trinajstić information content (AvgIpc) is 2.21. The van der Waals surface area contributed by atoms with E-state index >= 15 is 0 Å². The number of hydrogen-bond acceptors (Lipinski definition) is 4. The largest absolute Gasteiger partial charge is 0.380 e. The normalized spacial score (nSPS) is 15.4. The molecule has 0 aromatic carbocycles. The predicted molar refractivity (Wildman–Crippen MR) is 58.1 cm³/mol. The lowest BCUT2D eigenvalue weighted by atomic mass is 10.2. The Morgan fingerprint density at radius 1 is 1.14 bits per heavy atom. The predicted octanol–water partition coefficient (Wildman–Crippen LogP) is 0.352. The van der Waals surface area contributed by atoms with Gasteiger partial charge in [-0.1, -0.05) is 6.92 Å². The molecule has 0 aliphatic carbocycles. The Morgan fingerprint density at radius 2 is 1.86 bits per heavy atom. The van der Waals surface area contributed by atoms with Gasteiger partial charge in [0.15, 0.2) is 0 Å². The van der Waals surface area contributed by atoms with E-state index in [0.717, 1.165) is 19.6 Å². The quantitative estimate of drug-likeness (QED) is 0.532. The molecule has 0 saturated carbocycles. The van der Waals surface area contributed by atoms with Gasteiger partial charge in [0.2, 0.25) is 0 Å². The summed E-state index contributed by atoms with van der Waals surface area (Å²) in [4.78, 5) is 0. The van der Waals surface area contributed by atoms with Gasteiger partial charge in [0.25, 0.3) is 0 Å². The van der Waals surface area contributed by atoms with Gasteiger partial charge in [-0.2, -0.15) is 0 Å². The fraction of sp³-hybridized carbons (Fsp3) is 1.00. The molecule has 0 saturated heterocycles. The van der Waals surface area contributed by atoms with Crippen LogP contribution in [0.2, 0.25) is 0 Å². The van der Waals surface area contributed by atoms with Crippen LogP contribution in [0.5, 0.6) is 0 Å². The first-order chi connectivity index (χ1) is 6.70. The van der Waals surface area contributed by atoms with E-state index in [1.54, 1.807) is 0 Å². The maximum absolute atomic E-state index is 5.58. The van der Waals surface area contributed by atoms with Gasteiger partial charge in [0.05, 0.1) is 19.3 Å². The van der Waals surface area contributed by atoms with Crippen LogP contribution in [0.1, 0.15) is 20.3 Å². The Hall–Kier alpha value is -0.160. The summed E-state index contributed by atoms with van der Waals surface area (Å²) in [6.07, 6.45) is 1.15. The van der Waals surface area contributed by atoms with Gasteiger partial charge in [-0.05, 0) is 25.8 Å². The molecule has 2 unspecified atom stereocenters. The van der Waals surface area contributed by atoms with Crippen LogP contribution >= 0.6 is 0 Å². The van der Waals surface area contributed by atoms with Gasteiger partial charge in [0, 0.05) is 13.2 Å². The highest BCUT2D eigenvalue weighted by atomic mass is 16.5. The topological polar surface area (TPSA) is 70.5 Å². The summed E-state index contributed by atoms with van der Waals surface area (Å²) in [6.45, 7) is 7.47. The molecule has 0 aliphatic rings. The molecule has 4 heteroatoms. The monoisotopic (exact) mass is 204 g/mol. The molecule has 0 aliphatic heterocycles. The first-order valence-electron chi connectivity index (χ1n) is 5.30. The first kappa shape index (κ1) is 13.8. The fourth-order valence-corrected chi connectivity index (χ4v) is 0.915. The average molecular weight is 204 g/mol. The molecule has 86 valence electrons. The van der Waals surface area contributed by atoms with Crippen LogP contribution in [0.4, 0.5) is 0 Å². The lowest BCUT2D eigenvalue weighted by molar-refractivity contribution is 0.0190. The molecule has 0 heterocycles. The maximum Gasteiger partial charge on any atom is 0.0588 e. The van der Waals surface area contributed by atoms with Crippen molar-refractivity contribution in [2.45, 2.75) is 26.4 Å². The number of rotatable bonds is 9. The summed E-state index contributed by atoms with van der Waals surface area (Å²) >= 11 is 0. The summed E-state index contributed by atoms with van der Waals surface area (Å²) in [5, 5.41) is 0. The van der Waals surface area contributed by atoms with Crippen molar-refractivity contribution in [1.82, 2.24) is 0 Å². The van der Waals surface area contributed by atoms with Crippen LogP contribution in [-0.4, -0.2) is 39.0 Å².